The van der Waals surface area contributed by atoms with Gasteiger partial charge in [-0.25, -0.2) is 9.97 Å². The molecule has 2 heterocycles. The van der Waals surface area contributed by atoms with E-state index in [0.29, 0.717) is 16.6 Å². The molecule has 1 atom stereocenters. The largest absolute Gasteiger partial charge is 0.355 e. The van der Waals surface area contributed by atoms with Gasteiger partial charge in [-0.15, -0.1) is 11.8 Å². The average molecular weight is 362 g/mol. The number of carbonyl (C=O) groups excluding carboxylic acids is 1. The van der Waals surface area contributed by atoms with Crippen LogP contribution in [0, 0.1) is 6.92 Å². The molecule has 4 nitrogen and oxygen atoms in total. The van der Waals surface area contributed by atoms with Crippen molar-refractivity contribution in [3.05, 3.63) is 46.7 Å². The molecule has 1 aliphatic heterocycles. The topological polar surface area (TPSA) is 54.9 Å². The number of halogens is 1. The molecule has 1 N–H and O–H groups in total. The van der Waals surface area contributed by atoms with E-state index in [-0.39, 0.29) is 11.2 Å². The summed E-state index contributed by atoms with van der Waals surface area (Å²) in [5.41, 5.74) is 2.83. The Morgan fingerprint density at radius 1 is 1.25 bits per heavy atom. The number of benzene rings is 1. The van der Waals surface area contributed by atoms with E-state index in [1.165, 1.54) is 0 Å². The maximum absolute atomic E-state index is 12.0. The van der Waals surface area contributed by atoms with Crippen molar-refractivity contribution in [1.82, 2.24) is 15.3 Å². The summed E-state index contributed by atoms with van der Waals surface area (Å²) in [5, 5.41) is 3.69. The molecule has 1 saturated heterocycles. The highest BCUT2D eigenvalue weighted by molar-refractivity contribution is 7.99. The van der Waals surface area contributed by atoms with Gasteiger partial charge in [0.05, 0.1) is 10.9 Å². The number of aromatic nitrogens is 2. The Morgan fingerprint density at radius 2 is 2.04 bits per heavy atom. The van der Waals surface area contributed by atoms with Gasteiger partial charge in [-0.3, -0.25) is 4.79 Å². The number of aryl methyl sites for hydroxylation is 1. The summed E-state index contributed by atoms with van der Waals surface area (Å²) in [6, 6.07) is 9.51. The van der Waals surface area contributed by atoms with Crippen molar-refractivity contribution in [3.63, 3.8) is 0 Å². The lowest BCUT2D eigenvalue weighted by atomic mass is 10.2. The summed E-state index contributed by atoms with van der Waals surface area (Å²) in [5.74, 6) is 1.57. The number of hydrogen-bond acceptors (Lipinski definition) is 4. The van der Waals surface area contributed by atoms with E-state index in [9.17, 15) is 4.79 Å². The maximum atomic E-state index is 12.0. The summed E-state index contributed by atoms with van der Waals surface area (Å²) in [4.78, 5) is 21.2. The third kappa shape index (κ3) is 4.48. The molecular formula is C18H20ClN3OS. The quantitative estimate of drug-likeness (QED) is 0.894. The van der Waals surface area contributed by atoms with Crippen molar-refractivity contribution in [3.8, 4) is 11.4 Å². The lowest BCUT2D eigenvalue weighted by molar-refractivity contribution is -0.120. The Labute approximate surface area is 151 Å². The molecule has 24 heavy (non-hydrogen) atoms. The van der Waals surface area contributed by atoms with Crippen molar-refractivity contribution in [2.75, 3.05) is 6.54 Å². The van der Waals surface area contributed by atoms with E-state index < -0.39 is 0 Å². The number of amides is 1. The van der Waals surface area contributed by atoms with Crippen LogP contribution in [0.15, 0.2) is 30.3 Å². The van der Waals surface area contributed by atoms with Crippen LogP contribution in [0.2, 0.25) is 5.02 Å². The van der Waals surface area contributed by atoms with Crippen LogP contribution in [0.1, 0.15) is 30.7 Å². The number of rotatable bonds is 4. The fourth-order valence-corrected chi connectivity index (χ4v) is 3.91. The fourth-order valence-electron chi connectivity index (χ4n) is 2.69. The predicted octanol–water partition coefficient (Wildman–Crippen LogP) is 4.01. The van der Waals surface area contributed by atoms with Gasteiger partial charge in [-0.05, 0) is 50.1 Å². The van der Waals surface area contributed by atoms with Crippen molar-refractivity contribution in [1.29, 1.82) is 0 Å². The molecule has 1 fully saturated rings. The van der Waals surface area contributed by atoms with E-state index in [4.69, 9.17) is 11.6 Å². The van der Waals surface area contributed by atoms with Gasteiger partial charge in [0.1, 0.15) is 0 Å². The highest BCUT2D eigenvalue weighted by Gasteiger charge is 2.21. The lowest BCUT2D eigenvalue weighted by Gasteiger charge is -2.13. The monoisotopic (exact) mass is 361 g/mol. The van der Waals surface area contributed by atoms with Crippen molar-refractivity contribution in [2.24, 2.45) is 0 Å². The molecule has 0 aliphatic carbocycles. The minimum absolute atomic E-state index is 0.0155. The van der Waals surface area contributed by atoms with Gasteiger partial charge in [-0.1, -0.05) is 18.0 Å². The van der Waals surface area contributed by atoms with Gasteiger partial charge < -0.3 is 5.32 Å². The molecule has 1 amide bonds. The zero-order valence-electron chi connectivity index (χ0n) is 13.6. The van der Waals surface area contributed by atoms with Crippen molar-refractivity contribution < 1.29 is 4.79 Å². The molecule has 2 aromatic rings. The van der Waals surface area contributed by atoms with Gasteiger partial charge in [0.15, 0.2) is 5.82 Å². The standard InChI is InChI=1S/C18H20ClN3OS/c1-12-10-15(11-24-16-4-2-3-9-20-18(16)23)22-17(21-12)13-5-7-14(19)8-6-13/h5-8,10,16H,2-4,9,11H2,1H3,(H,20,23)/t16-/m1/s1. The molecule has 3 rings (SSSR count). The van der Waals surface area contributed by atoms with E-state index in [0.717, 1.165) is 42.8 Å². The highest BCUT2D eigenvalue weighted by Crippen LogP contribution is 2.25. The second-order valence-corrected chi connectivity index (χ2v) is 7.55. The molecule has 0 bridgehead atoms. The van der Waals surface area contributed by atoms with E-state index in [1.807, 2.05) is 37.3 Å². The van der Waals surface area contributed by atoms with Crippen LogP contribution in [0.3, 0.4) is 0 Å². The second kappa shape index (κ2) is 7.99. The van der Waals surface area contributed by atoms with Crippen LogP contribution in [0.4, 0.5) is 0 Å². The van der Waals surface area contributed by atoms with Crippen LogP contribution in [0.5, 0.6) is 0 Å². The first kappa shape index (κ1) is 17.2. The fraction of sp³-hybridized carbons (Fsp3) is 0.389. The van der Waals surface area contributed by atoms with Gasteiger partial charge in [0.25, 0.3) is 0 Å². The van der Waals surface area contributed by atoms with E-state index >= 15 is 0 Å². The van der Waals surface area contributed by atoms with Gasteiger partial charge >= 0.3 is 0 Å². The highest BCUT2D eigenvalue weighted by atomic mass is 35.5. The number of nitrogens with zero attached hydrogens (tertiary/aromatic N) is 2. The average Bonchev–Trinajstić information content (AvgIpc) is 2.77. The number of carbonyl (C=O) groups is 1. The molecule has 0 spiro atoms. The number of hydrogen-bond donors (Lipinski definition) is 1. The first-order valence-electron chi connectivity index (χ1n) is 8.11. The zero-order valence-corrected chi connectivity index (χ0v) is 15.2. The van der Waals surface area contributed by atoms with Gasteiger partial charge in [0.2, 0.25) is 5.91 Å². The maximum Gasteiger partial charge on any atom is 0.233 e. The van der Waals surface area contributed by atoms with Crippen LogP contribution < -0.4 is 5.32 Å². The molecule has 1 aromatic carbocycles. The molecule has 6 heteroatoms. The number of thioether (sulfide) groups is 1. The zero-order chi connectivity index (χ0) is 16.9. The first-order chi connectivity index (χ1) is 11.6. The molecule has 0 radical (unpaired) electrons. The predicted molar refractivity (Wildman–Crippen MR) is 99.2 cm³/mol. The SMILES string of the molecule is Cc1cc(CS[C@@H]2CCCCNC2=O)nc(-c2ccc(Cl)cc2)n1. The minimum Gasteiger partial charge on any atom is -0.355 e. The Kier molecular flexibility index (Phi) is 5.74. The summed E-state index contributed by atoms with van der Waals surface area (Å²) in [6.45, 7) is 2.76. The smallest absolute Gasteiger partial charge is 0.233 e. The minimum atomic E-state index is 0.0155. The van der Waals surface area contributed by atoms with Gasteiger partial charge in [0, 0.05) is 28.6 Å². The third-order valence-electron chi connectivity index (χ3n) is 3.93. The van der Waals surface area contributed by atoms with Crippen LogP contribution in [0.25, 0.3) is 11.4 Å². The van der Waals surface area contributed by atoms with Crippen molar-refractivity contribution in [2.45, 2.75) is 37.2 Å². The molecule has 0 saturated carbocycles. The Hall–Kier alpha value is -1.59. The molecule has 1 aliphatic rings. The number of nitrogens with one attached hydrogen (secondary N) is 1. The molecule has 1 aromatic heterocycles. The lowest BCUT2D eigenvalue weighted by Crippen LogP contribution is -2.30. The van der Waals surface area contributed by atoms with Gasteiger partial charge in [-0.2, -0.15) is 0 Å². The third-order valence-corrected chi connectivity index (χ3v) is 5.49. The summed E-state index contributed by atoms with van der Waals surface area (Å²) in [7, 11) is 0. The Balaban J connectivity index is 1.74. The second-order valence-electron chi connectivity index (χ2n) is 5.92. The van der Waals surface area contributed by atoms with E-state index in [1.54, 1.807) is 11.8 Å². The Bertz CT molecular complexity index is 721. The van der Waals surface area contributed by atoms with Crippen LogP contribution in [-0.4, -0.2) is 27.7 Å². The first-order valence-corrected chi connectivity index (χ1v) is 9.54. The summed E-state index contributed by atoms with van der Waals surface area (Å²) < 4.78 is 0. The molecule has 0 unspecified atom stereocenters. The van der Waals surface area contributed by atoms with E-state index in [2.05, 4.69) is 15.3 Å². The van der Waals surface area contributed by atoms with Crippen LogP contribution in [-0.2, 0) is 10.5 Å². The summed E-state index contributed by atoms with van der Waals surface area (Å²) in [6.07, 6.45) is 3.09. The summed E-state index contributed by atoms with van der Waals surface area (Å²) >= 11 is 7.61. The Morgan fingerprint density at radius 3 is 2.83 bits per heavy atom. The van der Waals surface area contributed by atoms with Crippen LogP contribution >= 0.6 is 23.4 Å². The molecular weight excluding hydrogens is 342 g/mol. The van der Waals surface area contributed by atoms with Crippen molar-refractivity contribution >= 4 is 29.3 Å². The molecule has 126 valence electrons. The normalized spacial score (nSPS) is 18.1.